The summed E-state index contributed by atoms with van der Waals surface area (Å²) in [6, 6.07) is 14.0. The zero-order valence-corrected chi connectivity index (χ0v) is 24.7. The number of aromatic nitrogens is 1. The molecule has 0 aliphatic carbocycles. The summed E-state index contributed by atoms with van der Waals surface area (Å²) in [5.74, 6) is -0.108. The van der Waals surface area contributed by atoms with Crippen LogP contribution >= 0.6 is 0 Å². The molecule has 1 heterocycles. The molecule has 9 heteroatoms. The number of nitrogens with one attached hydrogen (secondary N) is 3. The third-order valence-corrected chi connectivity index (χ3v) is 6.39. The second-order valence-corrected chi connectivity index (χ2v) is 10.8. The summed E-state index contributed by atoms with van der Waals surface area (Å²) in [5, 5.41) is 8.34. The van der Waals surface area contributed by atoms with Crippen LogP contribution in [0.4, 0.5) is 0 Å². The average molecular weight is 571 g/mol. The largest absolute Gasteiger partial charge is 0.447 e. The molecular weight excluding hydrogens is 532 g/mol. The molecule has 220 valence electrons. The van der Waals surface area contributed by atoms with Gasteiger partial charge in [0.2, 0.25) is 5.91 Å². The fraction of sp³-hybridized carbons (Fsp3) is 0.303. The van der Waals surface area contributed by atoms with E-state index in [-0.39, 0.29) is 28.5 Å². The van der Waals surface area contributed by atoms with Gasteiger partial charge in [0, 0.05) is 36.6 Å². The number of benzene rings is 2. The molecule has 1 aromatic heterocycles. The number of nitrogens with zero attached hydrogens (tertiary/aromatic N) is 1. The maximum Gasteiger partial charge on any atom is 0.271 e. The van der Waals surface area contributed by atoms with Crippen molar-refractivity contribution in [1.82, 2.24) is 20.9 Å². The van der Waals surface area contributed by atoms with Gasteiger partial charge in [-0.2, -0.15) is 0 Å². The van der Waals surface area contributed by atoms with Crippen molar-refractivity contribution in [2.24, 2.45) is 0 Å². The standard InChI is InChI=1S/C33H38N4O5/c1-6-7-11-29(39)35-19-22-12-14-24(15-13-22)30(40)25-10-8-9-23(16-25)17-28(34-5)32(41)37-26(20-38)18-27-31(33(2,3)4)42-21-36-27/h8-10,12-18,20-21,34H,6-7,11,19H2,1-5H3,(H,35,39)(H,37,41)/b26-18-,28-17-. The van der Waals surface area contributed by atoms with Gasteiger partial charge in [0.1, 0.15) is 17.2 Å². The summed E-state index contributed by atoms with van der Waals surface area (Å²) in [6.45, 7) is 8.31. The van der Waals surface area contributed by atoms with Crippen molar-refractivity contribution in [3.63, 3.8) is 0 Å². The SMILES string of the molecule is CCCCC(=O)NCc1ccc(C(=O)c2cccc(/C=C(\NC)C(=O)N/C(C=O)=C\c3ncoc3C(C)(C)C)c2)cc1. The van der Waals surface area contributed by atoms with Crippen LogP contribution in [0.25, 0.3) is 12.2 Å². The highest BCUT2D eigenvalue weighted by Gasteiger charge is 2.22. The lowest BCUT2D eigenvalue weighted by Crippen LogP contribution is -2.30. The van der Waals surface area contributed by atoms with Crippen molar-refractivity contribution in [1.29, 1.82) is 0 Å². The molecule has 2 amide bonds. The number of oxazole rings is 1. The summed E-state index contributed by atoms with van der Waals surface area (Å²) in [5.41, 5.74) is 2.81. The van der Waals surface area contributed by atoms with Crippen LogP contribution in [0.5, 0.6) is 0 Å². The number of carbonyl (C=O) groups excluding carboxylic acids is 4. The molecule has 0 aliphatic rings. The minimum absolute atomic E-state index is 0.0135. The Kier molecular flexibility index (Phi) is 11.1. The first-order valence-electron chi connectivity index (χ1n) is 13.9. The van der Waals surface area contributed by atoms with Crippen LogP contribution in [0.15, 0.2) is 70.7 Å². The van der Waals surface area contributed by atoms with Gasteiger partial charge in [0.15, 0.2) is 18.5 Å². The van der Waals surface area contributed by atoms with Crippen LogP contribution in [0.1, 0.15) is 85.5 Å². The van der Waals surface area contributed by atoms with E-state index in [2.05, 4.69) is 20.9 Å². The molecule has 0 unspecified atom stereocenters. The second-order valence-electron chi connectivity index (χ2n) is 10.8. The zero-order chi connectivity index (χ0) is 30.7. The van der Waals surface area contributed by atoms with E-state index in [1.807, 2.05) is 39.8 Å². The molecule has 0 saturated heterocycles. The summed E-state index contributed by atoms with van der Waals surface area (Å²) in [7, 11) is 1.59. The lowest BCUT2D eigenvalue weighted by molar-refractivity contribution is -0.121. The average Bonchev–Trinajstić information content (AvgIpc) is 3.46. The normalized spacial score (nSPS) is 12.0. The number of rotatable bonds is 13. The first-order chi connectivity index (χ1) is 20.0. The van der Waals surface area contributed by atoms with Crippen molar-refractivity contribution in [2.45, 2.75) is 58.9 Å². The van der Waals surface area contributed by atoms with Crippen LogP contribution in [0, 0.1) is 0 Å². The summed E-state index contributed by atoms with van der Waals surface area (Å²) < 4.78 is 5.48. The Morgan fingerprint density at radius 3 is 2.38 bits per heavy atom. The number of allylic oxidation sites excluding steroid dienone is 1. The van der Waals surface area contributed by atoms with Crippen molar-refractivity contribution < 1.29 is 23.6 Å². The van der Waals surface area contributed by atoms with Crippen LogP contribution in [0.2, 0.25) is 0 Å². The Balaban J connectivity index is 1.72. The highest BCUT2D eigenvalue weighted by Crippen LogP contribution is 2.26. The lowest BCUT2D eigenvalue weighted by Gasteiger charge is -2.15. The molecule has 3 aromatic rings. The first-order valence-corrected chi connectivity index (χ1v) is 13.9. The predicted molar refractivity (Wildman–Crippen MR) is 162 cm³/mol. The highest BCUT2D eigenvalue weighted by molar-refractivity contribution is 6.09. The molecule has 0 bridgehead atoms. The van der Waals surface area contributed by atoms with Gasteiger partial charge in [-0.1, -0.05) is 76.6 Å². The topological polar surface area (TPSA) is 130 Å². The predicted octanol–water partition coefficient (Wildman–Crippen LogP) is 4.93. The van der Waals surface area contributed by atoms with E-state index < -0.39 is 5.91 Å². The maximum absolute atomic E-state index is 13.2. The molecule has 0 fully saturated rings. The smallest absolute Gasteiger partial charge is 0.271 e. The van der Waals surface area contributed by atoms with Gasteiger partial charge in [-0.05, 0) is 35.8 Å². The number of hydrogen-bond acceptors (Lipinski definition) is 7. The Bertz CT molecular complexity index is 1480. The maximum atomic E-state index is 13.2. The van der Waals surface area contributed by atoms with Crippen molar-refractivity contribution in [3.8, 4) is 0 Å². The Labute approximate surface area is 246 Å². The number of carbonyl (C=O) groups is 4. The number of hydrogen-bond donors (Lipinski definition) is 3. The van der Waals surface area contributed by atoms with Gasteiger partial charge in [0.05, 0.1) is 5.70 Å². The Hall–Kier alpha value is -4.79. The van der Waals surface area contributed by atoms with Gasteiger partial charge in [-0.15, -0.1) is 0 Å². The van der Waals surface area contributed by atoms with Gasteiger partial charge in [-0.25, -0.2) is 4.98 Å². The summed E-state index contributed by atoms with van der Waals surface area (Å²) in [4.78, 5) is 53.9. The van der Waals surface area contributed by atoms with Gasteiger partial charge >= 0.3 is 0 Å². The molecule has 0 atom stereocenters. The zero-order valence-electron chi connectivity index (χ0n) is 24.7. The quantitative estimate of drug-likeness (QED) is 0.151. The van der Waals surface area contributed by atoms with Gasteiger partial charge in [0.25, 0.3) is 5.91 Å². The third kappa shape index (κ3) is 8.86. The highest BCUT2D eigenvalue weighted by atomic mass is 16.3. The van der Waals surface area contributed by atoms with Crippen LogP contribution < -0.4 is 16.0 Å². The monoisotopic (exact) mass is 570 g/mol. The van der Waals surface area contributed by atoms with Crippen LogP contribution in [-0.4, -0.2) is 35.9 Å². The van der Waals surface area contributed by atoms with Crippen LogP contribution in [-0.2, 0) is 26.3 Å². The summed E-state index contributed by atoms with van der Waals surface area (Å²) >= 11 is 0. The van der Waals surface area contributed by atoms with Crippen LogP contribution in [0.3, 0.4) is 0 Å². The third-order valence-electron chi connectivity index (χ3n) is 6.39. The van der Waals surface area contributed by atoms with Crippen molar-refractivity contribution in [3.05, 3.63) is 100 Å². The van der Waals surface area contributed by atoms with E-state index in [0.717, 1.165) is 18.4 Å². The molecule has 0 spiro atoms. The fourth-order valence-corrected chi connectivity index (χ4v) is 4.12. The Morgan fingerprint density at radius 1 is 1.00 bits per heavy atom. The van der Waals surface area contributed by atoms with E-state index in [9.17, 15) is 19.2 Å². The number of unbranched alkanes of at least 4 members (excludes halogenated alkanes) is 1. The Morgan fingerprint density at radius 2 is 1.74 bits per heavy atom. The van der Waals surface area contributed by atoms with E-state index in [0.29, 0.717) is 47.4 Å². The summed E-state index contributed by atoms with van der Waals surface area (Å²) in [6.07, 6.45) is 7.22. The minimum Gasteiger partial charge on any atom is -0.447 e. The number of aldehydes is 1. The van der Waals surface area contributed by atoms with E-state index >= 15 is 0 Å². The number of amides is 2. The first kappa shape index (κ1) is 31.7. The van der Waals surface area contributed by atoms with Crippen molar-refractivity contribution in [2.75, 3.05) is 7.05 Å². The fourth-order valence-electron chi connectivity index (χ4n) is 4.12. The molecule has 2 aromatic carbocycles. The van der Waals surface area contributed by atoms with Gasteiger partial charge in [-0.3, -0.25) is 19.2 Å². The molecule has 9 nitrogen and oxygen atoms in total. The van der Waals surface area contributed by atoms with E-state index in [1.54, 1.807) is 49.5 Å². The molecule has 3 rings (SSSR count). The number of ketones is 1. The molecule has 0 radical (unpaired) electrons. The molecule has 0 aliphatic heterocycles. The molecule has 0 saturated carbocycles. The second kappa shape index (κ2) is 14.7. The number of likely N-dealkylation sites (N-methyl/N-ethyl adjacent to an activating group) is 1. The van der Waals surface area contributed by atoms with Gasteiger partial charge < -0.3 is 20.4 Å². The minimum atomic E-state index is -0.536. The molecular formula is C33H38N4O5. The lowest BCUT2D eigenvalue weighted by atomic mass is 9.91. The van der Waals surface area contributed by atoms with E-state index in [4.69, 9.17) is 4.42 Å². The molecule has 42 heavy (non-hydrogen) atoms. The van der Waals surface area contributed by atoms with Crippen molar-refractivity contribution >= 4 is 36.0 Å². The molecule has 3 N–H and O–H groups in total. The van der Waals surface area contributed by atoms with E-state index in [1.165, 1.54) is 12.5 Å².